The minimum atomic E-state index is -0.404. The van der Waals surface area contributed by atoms with Crippen LogP contribution < -0.4 is 4.90 Å². The van der Waals surface area contributed by atoms with Crippen LogP contribution in [0.2, 0.25) is 0 Å². The third kappa shape index (κ3) is 5.27. The molecule has 0 spiro atoms. The number of benzene rings is 2. The van der Waals surface area contributed by atoms with E-state index < -0.39 is 5.97 Å². The predicted molar refractivity (Wildman–Crippen MR) is 132 cm³/mol. The Morgan fingerprint density at radius 3 is 2.36 bits per heavy atom. The van der Waals surface area contributed by atoms with Gasteiger partial charge in [-0.15, -0.1) is 0 Å². The number of anilines is 1. The van der Waals surface area contributed by atoms with Gasteiger partial charge in [-0.2, -0.15) is 0 Å². The second kappa shape index (κ2) is 11.1. The van der Waals surface area contributed by atoms with Gasteiger partial charge in [-0.25, -0.2) is 4.79 Å². The zero-order valence-corrected chi connectivity index (χ0v) is 20.0. The molecular weight excluding hydrogens is 416 g/mol. The van der Waals surface area contributed by atoms with Gasteiger partial charge in [-0.3, -0.25) is 14.5 Å². The highest BCUT2D eigenvalue weighted by atomic mass is 16.5. The van der Waals surface area contributed by atoms with Gasteiger partial charge in [-0.05, 0) is 38.0 Å². The summed E-state index contributed by atoms with van der Waals surface area (Å²) in [6.07, 6.45) is 4.93. The highest BCUT2D eigenvalue weighted by Crippen LogP contribution is 2.36. The molecular formula is C27H34N2O4. The lowest BCUT2D eigenvalue weighted by atomic mass is 9.92. The largest absolute Gasteiger partial charge is 0.460 e. The van der Waals surface area contributed by atoms with Crippen molar-refractivity contribution in [1.29, 1.82) is 0 Å². The summed E-state index contributed by atoms with van der Waals surface area (Å²) in [7, 11) is 0. The van der Waals surface area contributed by atoms with Gasteiger partial charge >= 0.3 is 5.97 Å². The average molecular weight is 451 g/mol. The maximum atomic E-state index is 13.2. The van der Waals surface area contributed by atoms with E-state index in [0.717, 1.165) is 55.1 Å². The van der Waals surface area contributed by atoms with Crippen molar-refractivity contribution in [3.63, 3.8) is 0 Å². The Balaban J connectivity index is 1.91. The SMILES string of the molecule is C=C(C)C(=O)OCCN(CCC)c1ccc2c3c(cccc13)C(=O)N(CCCCCC)C2=O. The van der Waals surface area contributed by atoms with Crippen LogP contribution in [0.5, 0.6) is 0 Å². The number of hydrogen-bond donors (Lipinski definition) is 0. The van der Waals surface area contributed by atoms with Gasteiger partial charge in [0.1, 0.15) is 6.61 Å². The number of esters is 1. The molecule has 1 aliphatic rings. The Bertz CT molecular complexity index is 1040. The molecule has 0 bridgehead atoms. The number of carbonyl (C=O) groups excluding carboxylic acids is 3. The molecule has 2 aromatic carbocycles. The first-order valence-corrected chi connectivity index (χ1v) is 11.9. The minimum absolute atomic E-state index is 0.218. The van der Waals surface area contributed by atoms with Crippen molar-refractivity contribution in [3.8, 4) is 0 Å². The Kier molecular flexibility index (Phi) is 8.26. The number of unbranched alkanes of at least 4 members (excludes halogenated alkanes) is 3. The van der Waals surface area contributed by atoms with E-state index in [1.807, 2.05) is 30.3 Å². The third-order valence-corrected chi connectivity index (χ3v) is 5.98. The highest BCUT2D eigenvalue weighted by Gasteiger charge is 2.33. The number of rotatable bonds is 12. The van der Waals surface area contributed by atoms with Crippen LogP contribution in [0.3, 0.4) is 0 Å². The van der Waals surface area contributed by atoms with Crippen LogP contribution in [-0.4, -0.2) is 48.9 Å². The number of amides is 2. The van der Waals surface area contributed by atoms with E-state index in [0.29, 0.717) is 29.8 Å². The second-order valence-electron chi connectivity index (χ2n) is 8.59. The van der Waals surface area contributed by atoms with Gasteiger partial charge in [-0.1, -0.05) is 51.8 Å². The van der Waals surface area contributed by atoms with E-state index in [1.54, 1.807) is 6.92 Å². The number of nitrogens with zero attached hydrogens (tertiary/aromatic N) is 2. The molecule has 6 heteroatoms. The van der Waals surface area contributed by atoms with Crippen LogP contribution >= 0.6 is 0 Å². The first-order valence-electron chi connectivity index (χ1n) is 11.9. The highest BCUT2D eigenvalue weighted by molar-refractivity contribution is 6.26. The fraction of sp³-hybridized carbons (Fsp3) is 0.444. The van der Waals surface area contributed by atoms with E-state index in [-0.39, 0.29) is 18.4 Å². The summed E-state index contributed by atoms with van der Waals surface area (Å²) < 4.78 is 5.30. The van der Waals surface area contributed by atoms with Gasteiger partial charge in [0.2, 0.25) is 0 Å². The number of carbonyl (C=O) groups is 3. The molecule has 6 nitrogen and oxygen atoms in total. The predicted octanol–water partition coefficient (Wildman–Crippen LogP) is 5.35. The summed E-state index contributed by atoms with van der Waals surface area (Å²) in [4.78, 5) is 41.7. The second-order valence-corrected chi connectivity index (χ2v) is 8.59. The molecule has 0 saturated carbocycles. The maximum Gasteiger partial charge on any atom is 0.333 e. The lowest BCUT2D eigenvalue weighted by molar-refractivity contribution is -0.138. The van der Waals surface area contributed by atoms with Crippen molar-refractivity contribution < 1.29 is 19.1 Å². The zero-order valence-electron chi connectivity index (χ0n) is 20.0. The normalized spacial score (nSPS) is 12.9. The summed E-state index contributed by atoms with van der Waals surface area (Å²) in [5.41, 5.74) is 2.45. The molecule has 0 fully saturated rings. The maximum absolute atomic E-state index is 13.2. The standard InChI is InChI=1S/C27H34N2O4/c1-5-7-8-9-16-29-25(30)21-12-10-11-20-23(14-13-22(24(20)21)26(29)31)28(15-6-2)17-18-33-27(32)19(3)4/h10-14H,3,5-9,15-18H2,1-2,4H3. The molecule has 0 unspecified atom stereocenters. The molecule has 0 aliphatic carbocycles. The van der Waals surface area contributed by atoms with Crippen molar-refractivity contribution in [2.75, 3.05) is 31.1 Å². The number of imide groups is 1. The van der Waals surface area contributed by atoms with E-state index in [9.17, 15) is 14.4 Å². The molecule has 0 atom stereocenters. The summed E-state index contributed by atoms with van der Waals surface area (Å²) in [6, 6.07) is 9.41. The molecule has 2 amide bonds. The van der Waals surface area contributed by atoms with Crippen LogP contribution in [0.4, 0.5) is 5.69 Å². The van der Waals surface area contributed by atoms with Crippen molar-refractivity contribution in [1.82, 2.24) is 4.90 Å². The van der Waals surface area contributed by atoms with Gasteiger partial charge in [0.15, 0.2) is 0 Å². The molecule has 2 aromatic rings. The fourth-order valence-electron chi connectivity index (χ4n) is 4.30. The van der Waals surface area contributed by atoms with Crippen molar-refractivity contribution in [2.45, 2.75) is 52.9 Å². The molecule has 1 aliphatic heterocycles. The first kappa shape index (κ1) is 24.5. The van der Waals surface area contributed by atoms with Gasteiger partial charge in [0.25, 0.3) is 11.8 Å². The Hall–Kier alpha value is -3.15. The molecule has 0 saturated heterocycles. The van der Waals surface area contributed by atoms with E-state index in [1.165, 1.54) is 4.90 Å². The molecule has 0 radical (unpaired) electrons. The summed E-state index contributed by atoms with van der Waals surface area (Å²) in [5.74, 6) is -0.841. The van der Waals surface area contributed by atoms with E-state index in [2.05, 4.69) is 25.3 Å². The van der Waals surface area contributed by atoms with Crippen LogP contribution in [-0.2, 0) is 9.53 Å². The monoisotopic (exact) mass is 450 g/mol. The number of ether oxygens (including phenoxy) is 1. The van der Waals surface area contributed by atoms with Crippen LogP contribution in [0.25, 0.3) is 10.8 Å². The van der Waals surface area contributed by atoms with E-state index >= 15 is 0 Å². The van der Waals surface area contributed by atoms with Gasteiger partial charge in [0, 0.05) is 46.2 Å². The van der Waals surface area contributed by atoms with Crippen LogP contribution in [0.15, 0.2) is 42.5 Å². The molecule has 33 heavy (non-hydrogen) atoms. The van der Waals surface area contributed by atoms with Crippen molar-refractivity contribution >= 4 is 34.2 Å². The topological polar surface area (TPSA) is 66.9 Å². The summed E-state index contributed by atoms with van der Waals surface area (Å²) in [5, 5.41) is 1.59. The molecule has 1 heterocycles. The van der Waals surface area contributed by atoms with Crippen molar-refractivity contribution in [3.05, 3.63) is 53.6 Å². The quantitative estimate of drug-likeness (QED) is 0.189. The van der Waals surface area contributed by atoms with Gasteiger partial charge in [0.05, 0.1) is 6.54 Å². The fourth-order valence-corrected chi connectivity index (χ4v) is 4.30. The van der Waals surface area contributed by atoms with Crippen LogP contribution in [0, 0.1) is 0 Å². The lowest BCUT2D eigenvalue weighted by Gasteiger charge is -2.30. The summed E-state index contributed by atoms with van der Waals surface area (Å²) >= 11 is 0. The van der Waals surface area contributed by atoms with Crippen molar-refractivity contribution in [2.24, 2.45) is 0 Å². The zero-order chi connectivity index (χ0) is 24.0. The summed E-state index contributed by atoms with van der Waals surface area (Å²) in [6.45, 7) is 11.4. The molecule has 3 rings (SSSR count). The smallest absolute Gasteiger partial charge is 0.333 e. The van der Waals surface area contributed by atoms with Crippen LogP contribution in [0.1, 0.15) is 73.6 Å². The average Bonchev–Trinajstić information content (AvgIpc) is 2.81. The Morgan fingerprint density at radius 1 is 0.970 bits per heavy atom. The first-order chi connectivity index (χ1) is 15.9. The lowest BCUT2D eigenvalue weighted by Crippen LogP contribution is -2.41. The molecule has 0 aromatic heterocycles. The third-order valence-electron chi connectivity index (χ3n) is 5.98. The van der Waals surface area contributed by atoms with E-state index in [4.69, 9.17) is 4.74 Å². The number of hydrogen-bond acceptors (Lipinski definition) is 5. The van der Waals surface area contributed by atoms with Gasteiger partial charge < -0.3 is 9.64 Å². The Morgan fingerprint density at radius 2 is 1.70 bits per heavy atom. The Labute approximate surface area is 196 Å². The molecule has 0 N–H and O–H groups in total. The minimum Gasteiger partial charge on any atom is -0.460 e. The molecule has 176 valence electrons.